The average Bonchev–Trinajstić information content (AvgIpc) is 2.91. The summed E-state index contributed by atoms with van der Waals surface area (Å²) in [6, 6.07) is 12.9. The zero-order chi connectivity index (χ0) is 16.5. The fraction of sp³-hybridized carbons (Fsp3) is 0.333. The smallest absolute Gasteiger partial charge is 0.202 e. The topological polar surface area (TPSA) is 60.0 Å². The van der Waals surface area contributed by atoms with Crippen molar-refractivity contribution in [3.8, 4) is 0 Å². The van der Waals surface area contributed by atoms with Crippen LogP contribution in [0.4, 0.5) is 5.95 Å². The molecule has 1 aliphatic rings. The molecule has 0 amide bonds. The van der Waals surface area contributed by atoms with E-state index in [1.54, 1.807) is 0 Å². The number of aromatic nitrogens is 3. The van der Waals surface area contributed by atoms with Crippen LogP contribution in [0, 0.1) is 0 Å². The van der Waals surface area contributed by atoms with Gasteiger partial charge < -0.3 is 5.73 Å². The number of imidazole rings is 1. The van der Waals surface area contributed by atoms with E-state index in [1.807, 2.05) is 12.3 Å². The van der Waals surface area contributed by atoms with Crippen LogP contribution in [-0.4, -0.2) is 32.5 Å². The molecule has 1 aromatic carbocycles. The summed E-state index contributed by atoms with van der Waals surface area (Å²) in [6.45, 7) is 3.07. The Kier molecular flexibility index (Phi) is 4.24. The van der Waals surface area contributed by atoms with Gasteiger partial charge in [0.1, 0.15) is 5.52 Å². The number of halogens is 1. The molecule has 1 fully saturated rings. The van der Waals surface area contributed by atoms with Crippen molar-refractivity contribution >= 4 is 33.0 Å². The van der Waals surface area contributed by atoms with Gasteiger partial charge in [0, 0.05) is 23.8 Å². The Morgan fingerprint density at radius 1 is 1.25 bits per heavy atom. The van der Waals surface area contributed by atoms with Crippen molar-refractivity contribution in [2.24, 2.45) is 0 Å². The SMILES string of the molecule is Nc1nc2cc(Br)cnc2n1C1CCCN(Cc2ccccc2)C1. The Bertz CT molecular complexity index is 845. The third kappa shape index (κ3) is 3.03. The second-order valence-electron chi connectivity index (χ2n) is 6.35. The number of nitrogen functional groups attached to an aromatic ring is 1. The second kappa shape index (κ2) is 6.53. The van der Waals surface area contributed by atoms with Crippen molar-refractivity contribution in [1.82, 2.24) is 19.4 Å². The van der Waals surface area contributed by atoms with E-state index in [-0.39, 0.29) is 0 Å². The molecule has 124 valence electrons. The molecule has 4 rings (SSSR count). The molecule has 6 heteroatoms. The number of likely N-dealkylation sites (tertiary alicyclic amines) is 1. The molecule has 1 aliphatic heterocycles. The lowest BCUT2D eigenvalue weighted by atomic mass is 10.0. The van der Waals surface area contributed by atoms with Gasteiger partial charge in [-0.05, 0) is 46.9 Å². The Balaban J connectivity index is 1.59. The predicted molar refractivity (Wildman–Crippen MR) is 99.6 cm³/mol. The average molecular weight is 386 g/mol. The number of pyridine rings is 1. The van der Waals surface area contributed by atoms with Gasteiger partial charge in [0.15, 0.2) is 5.65 Å². The van der Waals surface area contributed by atoms with E-state index in [2.05, 4.69) is 65.7 Å². The molecule has 1 atom stereocenters. The van der Waals surface area contributed by atoms with Gasteiger partial charge in [-0.15, -0.1) is 0 Å². The maximum Gasteiger partial charge on any atom is 0.202 e. The number of piperidine rings is 1. The van der Waals surface area contributed by atoms with Gasteiger partial charge in [-0.3, -0.25) is 9.47 Å². The quantitative estimate of drug-likeness (QED) is 0.747. The van der Waals surface area contributed by atoms with Crippen LogP contribution < -0.4 is 5.73 Å². The van der Waals surface area contributed by atoms with Crippen LogP contribution in [-0.2, 0) is 6.54 Å². The molecule has 3 heterocycles. The first-order valence-electron chi connectivity index (χ1n) is 8.26. The van der Waals surface area contributed by atoms with E-state index in [0.29, 0.717) is 12.0 Å². The Morgan fingerprint density at radius 3 is 2.92 bits per heavy atom. The van der Waals surface area contributed by atoms with Crippen LogP contribution in [0.2, 0.25) is 0 Å². The van der Waals surface area contributed by atoms with E-state index >= 15 is 0 Å². The van der Waals surface area contributed by atoms with Gasteiger partial charge in [-0.1, -0.05) is 30.3 Å². The molecule has 2 N–H and O–H groups in total. The Labute approximate surface area is 149 Å². The van der Waals surface area contributed by atoms with Gasteiger partial charge in [0.2, 0.25) is 5.95 Å². The van der Waals surface area contributed by atoms with Crippen LogP contribution >= 0.6 is 15.9 Å². The molecule has 0 bridgehead atoms. The monoisotopic (exact) mass is 385 g/mol. The summed E-state index contributed by atoms with van der Waals surface area (Å²) >= 11 is 3.45. The van der Waals surface area contributed by atoms with Crippen molar-refractivity contribution in [2.45, 2.75) is 25.4 Å². The number of benzene rings is 1. The Morgan fingerprint density at radius 2 is 2.08 bits per heavy atom. The highest BCUT2D eigenvalue weighted by Gasteiger charge is 2.25. The third-order valence-electron chi connectivity index (χ3n) is 4.62. The largest absolute Gasteiger partial charge is 0.369 e. The van der Waals surface area contributed by atoms with E-state index in [0.717, 1.165) is 48.1 Å². The van der Waals surface area contributed by atoms with Crippen LogP contribution in [0.3, 0.4) is 0 Å². The molecule has 0 spiro atoms. The van der Waals surface area contributed by atoms with Crippen LogP contribution in [0.1, 0.15) is 24.4 Å². The summed E-state index contributed by atoms with van der Waals surface area (Å²) in [7, 11) is 0. The van der Waals surface area contributed by atoms with E-state index in [1.165, 1.54) is 5.56 Å². The summed E-state index contributed by atoms with van der Waals surface area (Å²) < 4.78 is 3.04. The third-order valence-corrected chi connectivity index (χ3v) is 5.05. The zero-order valence-electron chi connectivity index (χ0n) is 13.4. The minimum absolute atomic E-state index is 0.320. The number of fused-ring (bicyclic) bond motifs is 1. The fourth-order valence-corrected chi connectivity index (χ4v) is 3.88. The summed E-state index contributed by atoms with van der Waals surface area (Å²) in [5.74, 6) is 0.558. The minimum atomic E-state index is 0.320. The molecule has 1 unspecified atom stereocenters. The maximum absolute atomic E-state index is 6.21. The standard InChI is InChI=1S/C18H20BrN5/c19-14-9-16-17(21-10-14)24(18(20)22-16)15-7-4-8-23(12-15)11-13-5-2-1-3-6-13/h1-3,5-6,9-10,15H,4,7-8,11-12H2,(H2,20,22). The van der Waals surface area contributed by atoms with E-state index < -0.39 is 0 Å². The summed E-state index contributed by atoms with van der Waals surface area (Å²) in [5.41, 5.74) is 9.29. The first-order chi connectivity index (χ1) is 11.7. The van der Waals surface area contributed by atoms with Crippen molar-refractivity contribution in [3.63, 3.8) is 0 Å². The van der Waals surface area contributed by atoms with Crippen molar-refractivity contribution in [3.05, 3.63) is 52.6 Å². The van der Waals surface area contributed by atoms with E-state index in [9.17, 15) is 0 Å². The minimum Gasteiger partial charge on any atom is -0.369 e. The molecule has 1 saturated heterocycles. The maximum atomic E-state index is 6.21. The summed E-state index contributed by atoms with van der Waals surface area (Å²) in [5, 5.41) is 0. The molecular formula is C18H20BrN5. The zero-order valence-corrected chi connectivity index (χ0v) is 15.0. The van der Waals surface area contributed by atoms with Crippen molar-refractivity contribution < 1.29 is 0 Å². The number of anilines is 1. The Hall–Kier alpha value is -1.92. The normalized spacial score (nSPS) is 19.0. The lowest BCUT2D eigenvalue weighted by Crippen LogP contribution is -2.36. The van der Waals surface area contributed by atoms with Gasteiger partial charge in [-0.2, -0.15) is 0 Å². The molecule has 3 aromatic rings. The van der Waals surface area contributed by atoms with Crippen molar-refractivity contribution in [2.75, 3.05) is 18.8 Å². The number of nitrogens with zero attached hydrogens (tertiary/aromatic N) is 4. The first kappa shape index (κ1) is 15.6. The second-order valence-corrected chi connectivity index (χ2v) is 7.27. The lowest BCUT2D eigenvalue weighted by Gasteiger charge is -2.33. The van der Waals surface area contributed by atoms with Crippen LogP contribution in [0.15, 0.2) is 47.1 Å². The highest BCUT2D eigenvalue weighted by atomic mass is 79.9. The molecular weight excluding hydrogens is 366 g/mol. The first-order valence-corrected chi connectivity index (χ1v) is 9.05. The highest BCUT2D eigenvalue weighted by Crippen LogP contribution is 2.29. The molecule has 0 saturated carbocycles. The number of hydrogen-bond acceptors (Lipinski definition) is 4. The lowest BCUT2D eigenvalue weighted by molar-refractivity contribution is 0.173. The number of rotatable bonds is 3. The molecule has 2 aromatic heterocycles. The van der Waals surface area contributed by atoms with Crippen molar-refractivity contribution in [1.29, 1.82) is 0 Å². The number of hydrogen-bond donors (Lipinski definition) is 1. The van der Waals surface area contributed by atoms with Gasteiger partial charge in [0.25, 0.3) is 0 Å². The van der Waals surface area contributed by atoms with Crippen LogP contribution in [0.5, 0.6) is 0 Å². The molecule has 0 radical (unpaired) electrons. The highest BCUT2D eigenvalue weighted by molar-refractivity contribution is 9.10. The molecule has 5 nitrogen and oxygen atoms in total. The molecule has 24 heavy (non-hydrogen) atoms. The predicted octanol–water partition coefficient (Wildman–Crippen LogP) is 3.61. The number of nitrogens with two attached hydrogens (primary N) is 1. The van der Waals surface area contributed by atoms with Gasteiger partial charge in [0.05, 0.1) is 6.04 Å². The van der Waals surface area contributed by atoms with Gasteiger partial charge >= 0.3 is 0 Å². The van der Waals surface area contributed by atoms with Crippen LogP contribution in [0.25, 0.3) is 11.2 Å². The van der Waals surface area contributed by atoms with E-state index in [4.69, 9.17) is 5.73 Å². The summed E-state index contributed by atoms with van der Waals surface area (Å²) in [6.07, 6.45) is 4.08. The summed E-state index contributed by atoms with van der Waals surface area (Å²) in [4.78, 5) is 11.5. The fourth-order valence-electron chi connectivity index (χ4n) is 3.56. The molecule has 0 aliphatic carbocycles. The van der Waals surface area contributed by atoms with Gasteiger partial charge in [-0.25, -0.2) is 9.97 Å².